The van der Waals surface area contributed by atoms with Gasteiger partial charge in [0, 0.05) is 34.5 Å². The van der Waals surface area contributed by atoms with E-state index in [2.05, 4.69) is 52.7 Å². The second-order valence-electron chi connectivity index (χ2n) is 6.57. The van der Waals surface area contributed by atoms with E-state index in [9.17, 15) is 4.79 Å². The molecule has 0 saturated carbocycles. The van der Waals surface area contributed by atoms with Crippen molar-refractivity contribution < 1.29 is 9.53 Å². The van der Waals surface area contributed by atoms with E-state index in [1.165, 1.54) is 0 Å². The zero-order valence-corrected chi connectivity index (χ0v) is 16.7. The molecule has 1 fully saturated rings. The monoisotopic (exact) mass is 450 g/mol. The first-order valence-corrected chi connectivity index (χ1v) is 9.62. The first-order chi connectivity index (χ1) is 12.0. The largest absolute Gasteiger partial charge is 0.373 e. The molecule has 0 bridgehead atoms. The SMILES string of the molecule is CC1CN(Cc2ccccc2NC(=O)c2cccc(I)c2)CC(C)O1. The average Bonchev–Trinajstić information content (AvgIpc) is 2.55. The van der Waals surface area contributed by atoms with E-state index in [4.69, 9.17) is 4.74 Å². The molecule has 1 amide bonds. The molecule has 5 heteroatoms. The molecule has 4 nitrogen and oxygen atoms in total. The number of anilines is 1. The van der Waals surface area contributed by atoms with Gasteiger partial charge in [-0.25, -0.2) is 0 Å². The summed E-state index contributed by atoms with van der Waals surface area (Å²) in [5.74, 6) is -0.0744. The van der Waals surface area contributed by atoms with Crippen molar-refractivity contribution in [2.75, 3.05) is 18.4 Å². The van der Waals surface area contributed by atoms with Crippen LogP contribution in [-0.2, 0) is 11.3 Å². The zero-order chi connectivity index (χ0) is 17.8. The Morgan fingerprint density at radius 3 is 2.60 bits per heavy atom. The number of nitrogens with one attached hydrogen (secondary N) is 1. The van der Waals surface area contributed by atoms with Gasteiger partial charge in [0.2, 0.25) is 0 Å². The Morgan fingerprint density at radius 1 is 1.16 bits per heavy atom. The van der Waals surface area contributed by atoms with E-state index in [-0.39, 0.29) is 18.1 Å². The van der Waals surface area contributed by atoms with Crippen molar-refractivity contribution in [2.24, 2.45) is 0 Å². The number of morpholine rings is 1. The number of benzene rings is 2. The molecule has 2 unspecified atom stereocenters. The van der Waals surface area contributed by atoms with Gasteiger partial charge in [0.25, 0.3) is 5.91 Å². The van der Waals surface area contributed by atoms with Crippen molar-refractivity contribution in [3.63, 3.8) is 0 Å². The minimum absolute atomic E-state index is 0.0744. The van der Waals surface area contributed by atoms with Crippen LogP contribution >= 0.6 is 22.6 Å². The van der Waals surface area contributed by atoms with E-state index < -0.39 is 0 Å². The summed E-state index contributed by atoms with van der Waals surface area (Å²) in [6.45, 7) is 6.83. The predicted octanol–water partition coefficient (Wildman–Crippen LogP) is 4.15. The number of para-hydroxylation sites is 1. The van der Waals surface area contributed by atoms with Crippen LogP contribution in [0.3, 0.4) is 0 Å². The summed E-state index contributed by atoms with van der Waals surface area (Å²) in [7, 11) is 0. The van der Waals surface area contributed by atoms with Crippen LogP contribution in [0.15, 0.2) is 48.5 Å². The van der Waals surface area contributed by atoms with Gasteiger partial charge in [0.1, 0.15) is 0 Å². The molecule has 2 aromatic carbocycles. The fourth-order valence-electron chi connectivity index (χ4n) is 3.26. The summed E-state index contributed by atoms with van der Waals surface area (Å²) < 4.78 is 6.86. The Kier molecular flexibility index (Phi) is 6.09. The lowest BCUT2D eigenvalue weighted by molar-refractivity contribution is -0.0704. The first-order valence-electron chi connectivity index (χ1n) is 8.54. The van der Waals surface area contributed by atoms with Crippen LogP contribution in [0.25, 0.3) is 0 Å². The Bertz CT molecular complexity index is 740. The highest BCUT2D eigenvalue weighted by Crippen LogP contribution is 2.21. The van der Waals surface area contributed by atoms with Gasteiger partial charge < -0.3 is 10.1 Å². The number of carbonyl (C=O) groups excluding carboxylic acids is 1. The number of carbonyl (C=O) groups is 1. The van der Waals surface area contributed by atoms with E-state index >= 15 is 0 Å². The van der Waals surface area contributed by atoms with Crippen LogP contribution < -0.4 is 5.32 Å². The number of hydrogen-bond acceptors (Lipinski definition) is 3. The van der Waals surface area contributed by atoms with Gasteiger partial charge in [-0.3, -0.25) is 9.69 Å². The topological polar surface area (TPSA) is 41.6 Å². The van der Waals surface area contributed by atoms with E-state index in [1.54, 1.807) is 0 Å². The minimum Gasteiger partial charge on any atom is -0.373 e. The maximum absolute atomic E-state index is 12.6. The predicted molar refractivity (Wildman–Crippen MR) is 109 cm³/mol. The van der Waals surface area contributed by atoms with Crippen LogP contribution in [0.4, 0.5) is 5.69 Å². The summed E-state index contributed by atoms with van der Waals surface area (Å²) >= 11 is 2.22. The highest BCUT2D eigenvalue weighted by Gasteiger charge is 2.22. The fraction of sp³-hybridized carbons (Fsp3) is 0.350. The van der Waals surface area contributed by atoms with Crippen LogP contribution in [0.5, 0.6) is 0 Å². The molecule has 1 aliphatic heterocycles. The molecule has 1 heterocycles. The molecule has 0 aliphatic carbocycles. The van der Waals surface area contributed by atoms with Gasteiger partial charge >= 0.3 is 0 Å². The third-order valence-electron chi connectivity index (χ3n) is 4.24. The number of halogens is 1. The average molecular weight is 450 g/mol. The Labute approximate surface area is 162 Å². The molecule has 3 rings (SSSR count). The third-order valence-corrected chi connectivity index (χ3v) is 4.91. The number of hydrogen-bond donors (Lipinski definition) is 1. The van der Waals surface area contributed by atoms with Crippen molar-refractivity contribution in [3.8, 4) is 0 Å². The smallest absolute Gasteiger partial charge is 0.255 e. The highest BCUT2D eigenvalue weighted by molar-refractivity contribution is 14.1. The lowest BCUT2D eigenvalue weighted by Crippen LogP contribution is -2.44. The number of ether oxygens (including phenoxy) is 1. The maximum Gasteiger partial charge on any atom is 0.255 e. The summed E-state index contributed by atoms with van der Waals surface area (Å²) in [6, 6.07) is 15.6. The second-order valence-corrected chi connectivity index (χ2v) is 7.82. The molecule has 1 aliphatic rings. The first kappa shape index (κ1) is 18.4. The number of amides is 1. The van der Waals surface area contributed by atoms with E-state index in [0.717, 1.165) is 34.5 Å². The Morgan fingerprint density at radius 2 is 1.88 bits per heavy atom. The van der Waals surface area contributed by atoms with Crippen LogP contribution in [0.1, 0.15) is 29.8 Å². The Balaban J connectivity index is 1.73. The van der Waals surface area contributed by atoms with Gasteiger partial charge in [-0.05, 0) is 66.3 Å². The van der Waals surface area contributed by atoms with Gasteiger partial charge in [0.05, 0.1) is 12.2 Å². The van der Waals surface area contributed by atoms with E-state index in [0.29, 0.717) is 5.56 Å². The zero-order valence-electron chi connectivity index (χ0n) is 14.5. The molecule has 2 aromatic rings. The van der Waals surface area contributed by atoms with Gasteiger partial charge in [0.15, 0.2) is 0 Å². The van der Waals surface area contributed by atoms with E-state index in [1.807, 2.05) is 42.5 Å². The second kappa shape index (κ2) is 8.29. The highest BCUT2D eigenvalue weighted by atomic mass is 127. The van der Waals surface area contributed by atoms with Crippen LogP contribution in [0.2, 0.25) is 0 Å². The molecule has 0 radical (unpaired) electrons. The van der Waals surface area contributed by atoms with Crippen molar-refractivity contribution in [2.45, 2.75) is 32.6 Å². The van der Waals surface area contributed by atoms with Gasteiger partial charge in [-0.1, -0.05) is 24.3 Å². The molecular formula is C20H23IN2O2. The Hall–Kier alpha value is -1.44. The molecule has 132 valence electrons. The number of nitrogens with zero attached hydrogens (tertiary/aromatic N) is 1. The quantitative estimate of drug-likeness (QED) is 0.712. The van der Waals surface area contributed by atoms with Crippen molar-refractivity contribution >= 4 is 34.2 Å². The van der Waals surface area contributed by atoms with Crippen molar-refractivity contribution in [1.29, 1.82) is 0 Å². The van der Waals surface area contributed by atoms with Gasteiger partial charge in [-0.15, -0.1) is 0 Å². The molecule has 25 heavy (non-hydrogen) atoms. The van der Waals surface area contributed by atoms with Crippen LogP contribution in [-0.4, -0.2) is 36.1 Å². The van der Waals surface area contributed by atoms with Gasteiger partial charge in [-0.2, -0.15) is 0 Å². The lowest BCUT2D eigenvalue weighted by Gasteiger charge is -2.35. The summed E-state index contributed by atoms with van der Waals surface area (Å²) in [6.07, 6.45) is 0.466. The van der Waals surface area contributed by atoms with Crippen LogP contribution in [0, 0.1) is 3.57 Å². The fourth-order valence-corrected chi connectivity index (χ4v) is 3.80. The van der Waals surface area contributed by atoms with Crippen molar-refractivity contribution in [3.05, 3.63) is 63.2 Å². The molecule has 0 spiro atoms. The molecular weight excluding hydrogens is 427 g/mol. The third kappa shape index (κ3) is 5.03. The molecule has 1 N–H and O–H groups in total. The van der Waals surface area contributed by atoms with Crippen molar-refractivity contribution in [1.82, 2.24) is 4.90 Å². The summed E-state index contributed by atoms with van der Waals surface area (Å²) in [5.41, 5.74) is 2.68. The number of rotatable bonds is 4. The standard InChI is InChI=1S/C20H23IN2O2/c1-14-11-23(12-15(2)25-14)13-17-6-3-4-9-19(17)22-20(24)16-7-5-8-18(21)10-16/h3-10,14-15H,11-13H2,1-2H3,(H,22,24). The normalized spacial score (nSPS) is 21.1. The minimum atomic E-state index is -0.0744. The summed E-state index contributed by atoms with van der Waals surface area (Å²) in [4.78, 5) is 15.0. The molecule has 1 saturated heterocycles. The maximum atomic E-state index is 12.6. The molecule has 0 aromatic heterocycles. The lowest BCUT2D eigenvalue weighted by atomic mass is 10.1. The molecule has 2 atom stereocenters. The summed E-state index contributed by atoms with van der Waals surface area (Å²) in [5, 5.41) is 3.07.